The van der Waals surface area contributed by atoms with Crippen molar-refractivity contribution < 1.29 is 0 Å². The van der Waals surface area contributed by atoms with Gasteiger partial charge in [-0.25, -0.2) is 0 Å². The summed E-state index contributed by atoms with van der Waals surface area (Å²) in [5.74, 6) is 0.220. The number of benzene rings is 1. The van der Waals surface area contributed by atoms with Gasteiger partial charge in [0.1, 0.15) is 15.3 Å². The molecule has 3 rings (SSSR count). The minimum absolute atomic E-state index is 0.220. The molecule has 0 saturated heterocycles. The van der Waals surface area contributed by atoms with Crippen LogP contribution in [0.3, 0.4) is 0 Å². The van der Waals surface area contributed by atoms with Crippen LogP contribution in [-0.2, 0) is 0 Å². The maximum atomic E-state index is 4.36. The van der Waals surface area contributed by atoms with E-state index in [0.717, 1.165) is 0 Å². The Balaban J connectivity index is 1.92. The summed E-state index contributed by atoms with van der Waals surface area (Å²) in [6.45, 7) is 0. The quantitative estimate of drug-likeness (QED) is 0.638. The van der Waals surface area contributed by atoms with Gasteiger partial charge in [-0.1, -0.05) is 35.5 Å². The zero-order valence-corrected chi connectivity index (χ0v) is 11.3. The predicted molar refractivity (Wildman–Crippen MR) is 73.5 cm³/mol. The lowest BCUT2D eigenvalue weighted by Gasteiger charge is -2.18. The van der Waals surface area contributed by atoms with Gasteiger partial charge in [-0.05, 0) is 12.1 Å². The summed E-state index contributed by atoms with van der Waals surface area (Å²) in [5.41, 5.74) is 0. The van der Waals surface area contributed by atoms with Gasteiger partial charge >= 0.3 is 0 Å². The zero-order valence-electron chi connectivity index (χ0n) is 9.92. The highest BCUT2D eigenvalue weighted by molar-refractivity contribution is 6.54. The monoisotopic (exact) mass is 254 g/mol. The Morgan fingerprint density at radius 3 is 1.94 bits per heavy atom. The van der Waals surface area contributed by atoms with Crippen molar-refractivity contribution in [1.29, 1.82) is 0 Å². The van der Waals surface area contributed by atoms with Crippen molar-refractivity contribution in [3.63, 3.8) is 0 Å². The molecule has 2 aromatic heterocycles. The predicted octanol–water partition coefficient (Wildman–Crippen LogP) is 0.578. The molecule has 18 heavy (non-hydrogen) atoms. The molecule has 0 aliphatic heterocycles. The van der Waals surface area contributed by atoms with Crippen LogP contribution < -0.4 is 5.19 Å². The van der Waals surface area contributed by atoms with Crippen molar-refractivity contribution in [2.24, 2.45) is 0 Å². The van der Waals surface area contributed by atoms with Gasteiger partial charge in [0, 0.05) is 24.8 Å². The summed E-state index contributed by atoms with van der Waals surface area (Å²) in [4.78, 5) is 0. The second kappa shape index (κ2) is 5.01. The van der Waals surface area contributed by atoms with Crippen LogP contribution >= 0.6 is 0 Å². The molecular weight excluding hydrogens is 240 g/mol. The van der Waals surface area contributed by atoms with E-state index >= 15 is 0 Å². The fourth-order valence-electron chi connectivity index (χ4n) is 2.05. The van der Waals surface area contributed by atoms with Crippen molar-refractivity contribution in [1.82, 2.24) is 19.6 Å². The van der Waals surface area contributed by atoms with Gasteiger partial charge in [-0.2, -0.15) is 10.2 Å². The fourth-order valence-corrected chi connectivity index (χ4v) is 3.82. The largest absolute Gasteiger partial charge is 0.252 e. The second-order valence-corrected chi connectivity index (χ2v) is 6.10. The third-order valence-corrected chi connectivity index (χ3v) is 4.98. The molecule has 0 N–H and O–H groups in total. The minimum atomic E-state index is -0.534. The topological polar surface area (TPSA) is 35.6 Å². The third-order valence-electron chi connectivity index (χ3n) is 2.92. The first-order chi connectivity index (χ1) is 8.93. The summed E-state index contributed by atoms with van der Waals surface area (Å²) < 4.78 is 3.98. The maximum absolute atomic E-state index is 4.36. The van der Waals surface area contributed by atoms with Gasteiger partial charge < -0.3 is 0 Å². The minimum Gasteiger partial charge on any atom is -0.252 e. The molecule has 1 aromatic carbocycles. The van der Waals surface area contributed by atoms with Crippen LogP contribution in [0.4, 0.5) is 0 Å². The Hall–Kier alpha value is -2.14. The van der Waals surface area contributed by atoms with Crippen molar-refractivity contribution in [3.05, 3.63) is 67.3 Å². The molecule has 0 aliphatic rings. The maximum Gasteiger partial charge on any atom is 0.128 e. The van der Waals surface area contributed by atoms with Gasteiger partial charge in [-0.3, -0.25) is 9.36 Å². The van der Waals surface area contributed by atoms with E-state index in [4.69, 9.17) is 0 Å². The first-order valence-corrected chi connectivity index (χ1v) is 7.48. The van der Waals surface area contributed by atoms with E-state index in [1.54, 1.807) is 0 Å². The van der Waals surface area contributed by atoms with Crippen LogP contribution in [-0.4, -0.2) is 29.1 Å². The molecule has 90 valence electrons. The number of rotatable bonds is 4. The standard InChI is InChI=1S/C13H14N4Si/c1-2-6-12(7-3-1)18-13(16-10-4-8-14-16)17-11-5-9-15-17/h1-11,13H,18H2. The fraction of sp³-hybridized carbons (Fsp3) is 0.0769. The molecular formula is C13H14N4Si. The lowest BCUT2D eigenvalue weighted by molar-refractivity contribution is 0.473. The van der Waals surface area contributed by atoms with E-state index in [1.165, 1.54) is 5.19 Å². The van der Waals surface area contributed by atoms with E-state index < -0.39 is 9.52 Å². The number of hydrogen-bond donors (Lipinski definition) is 0. The van der Waals surface area contributed by atoms with E-state index in [0.29, 0.717) is 0 Å². The molecule has 0 fully saturated rings. The molecule has 4 nitrogen and oxygen atoms in total. The van der Waals surface area contributed by atoms with Crippen molar-refractivity contribution in [2.75, 3.05) is 0 Å². The van der Waals surface area contributed by atoms with Crippen LogP contribution in [0.1, 0.15) is 5.79 Å². The average molecular weight is 254 g/mol. The van der Waals surface area contributed by atoms with Gasteiger partial charge in [0.2, 0.25) is 0 Å². The lowest BCUT2D eigenvalue weighted by Crippen LogP contribution is -2.32. The van der Waals surface area contributed by atoms with Crippen molar-refractivity contribution >= 4 is 14.7 Å². The smallest absolute Gasteiger partial charge is 0.128 e. The molecule has 0 bridgehead atoms. The highest BCUT2D eigenvalue weighted by Crippen LogP contribution is 2.05. The van der Waals surface area contributed by atoms with Crippen LogP contribution in [0.2, 0.25) is 0 Å². The average Bonchev–Trinajstić information content (AvgIpc) is 3.11. The molecule has 2 heterocycles. The van der Waals surface area contributed by atoms with Crippen LogP contribution in [0.15, 0.2) is 67.3 Å². The highest BCUT2D eigenvalue weighted by Gasteiger charge is 2.14. The van der Waals surface area contributed by atoms with E-state index in [1.807, 2.05) is 46.3 Å². The second-order valence-electron chi connectivity index (χ2n) is 4.14. The lowest BCUT2D eigenvalue weighted by atomic mass is 10.4. The Kier molecular flexibility index (Phi) is 3.06. The molecule has 0 aliphatic carbocycles. The van der Waals surface area contributed by atoms with E-state index in [9.17, 15) is 0 Å². The summed E-state index contributed by atoms with van der Waals surface area (Å²) in [7, 11) is -0.534. The summed E-state index contributed by atoms with van der Waals surface area (Å²) >= 11 is 0. The first-order valence-electron chi connectivity index (χ1n) is 5.96. The van der Waals surface area contributed by atoms with Crippen molar-refractivity contribution in [3.8, 4) is 0 Å². The zero-order chi connectivity index (χ0) is 12.2. The number of aromatic nitrogens is 4. The SMILES string of the molecule is c1ccc([SiH2]C(n2cccn2)n2cccn2)cc1. The van der Waals surface area contributed by atoms with Crippen molar-refractivity contribution in [2.45, 2.75) is 5.79 Å². The molecule has 0 atom stereocenters. The molecule has 0 spiro atoms. The number of hydrogen-bond acceptors (Lipinski definition) is 2. The van der Waals surface area contributed by atoms with Gasteiger partial charge in [0.05, 0.1) is 0 Å². The molecule has 3 aromatic rings. The summed E-state index contributed by atoms with van der Waals surface area (Å²) in [5, 5.41) is 10.1. The van der Waals surface area contributed by atoms with Crippen LogP contribution in [0.5, 0.6) is 0 Å². The highest BCUT2D eigenvalue weighted by atomic mass is 28.2. The first kappa shape index (κ1) is 11.0. The van der Waals surface area contributed by atoms with E-state index in [2.05, 4.69) is 40.5 Å². The molecule has 5 heteroatoms. The Bertz CT molecular complexity index is 541. The van der Waals surface area contributed by atoms with Gasteiger partial charge in [-0.15, -0.1) is 0 Å². The molecule has 0 amide bonds. The van der Waals surface area contributed by atoms with Crippen LogP contribution in [0, 0.1) is 0 Å². The number of nitrogens with zero attached hydrogens (tertiary/aromatic N) is 4. The Morgan fingerprint density at radius 1 is 0.833 bits per heavy atom. The Labute approximate surface area is 108 Å². The molecule has 0 radical (unpaired) electrons. The van der Waals surface area contributed by atoms with Gasteiger partial charge in [0.15, 0.2) is 0 Å². The third kappa shape index (κ3) is 2.26. The molecule has 0 unspecified atom stereocenters. The Morgan fingerprint density at radius 2 is 1.44 bits per heavy atom. The van der Waals surface area contributed by atoms with Gasteiger partial charge in [0.25, 0.3) is 0 Å². The van der Waals surface area contributed by atoms with E-state index in [-0.39, 0.29) is 5.79 Å². The molecule has 0 saturated carbocycles. The van der Waals surface area contributed by atoms with Crippen LogP contribution in [0.25, 0.3) is 0 Å². The normalized spacial score (nSPS) is 11.6. The summed E-state index contributed by atoms with van der Waals surface area (Å²) in [6.07, 6.45) is 7.64. The summed E-state index contributed by atoms with van der Waals surface area (Å²) in [6, 6.07) is 14.5.